The molecule has 19 heavy (non-hydrogen) atoms. The van der Waals surface area contributed by atoms with E-state index in [1.165, 1.54) is 42.6 Å². The van der Waals surface area contributed by atoms with Gasteiger partial charge < -0.3 is 5.32 Å². The van der Waals surface area contributed by atoms with Gasteiger partial charge in [-0.05, 0) is 30.3 Å². The van der Waals surface area contributed by atoms with Gasteiger partial charge >= 0.3 is 0 Å². The van der Waals surface area contributed by atoms with E-state index < -0.39 is 15.8 Å². The van der Waals surface area contributed by atoms with Gasteiger partial charge in [0.05, 0.1) is 4.90 Å². The molecule has 0 saturated heterocycles. The van der Waals surface area contributed by atoms with Crippen molar-refractivity contribution in [2.45, 2.75) is 4.90 Å². The fraction of sp³-hybridized carbons (Fsp3) is 0.0833. The molecule has 1 aromatic heterocycles. The van der Waals surface area contributed by atoms with Crippen molar-refractivity contribution in [3.63, 3.8) is 0 Å². The van der Waals surface area contributed by atoms with Crippen LogP contribution in [0.25, 0.3) is 0 Å². The summed E-state index contributed by atoms with van der Waals surface area (Å²) in [7, 11) is -2.07. The number of pyridine rings is 1. The first kappa shape index (κ1) is 13.3. The summed E-state index contributed by atoms with van der Waals surface area (Å²) < 4.78 is 39.3. The van der Waals surface area contributed by atoms with Crippen LogP contribution in [0.15, 0.2) is 47.5 Å². The molecule has 0 saturated carbocycles. The summed E-state index contributed by atoms with van der Waals surface area (Å²) in [5.74, 6) is 0.0197. The van der Waals surface area contributed by atoms with Crippen LogP contribution in [-0.2, 0) is 10.0 Å². The molecule has 0 radical (unpaired) electrons. The number of rotatable bonds is 4. The number of sulfonamides is 1. The van der Waals surface area contributed by atoms with Gasteiger partial charge in [-0.2, -0.15) is 0 Å². The fourth-order valence-corrected chi connectivity index (χ4v) is 2.52. The van der Waals surface area contributed by atoms with Gasteiger partial charge in [-0.25, -0.2) is 17.8 Å². The number of nitrogens with one attached hydrogen (secondary N) is 2. The first-order chi connectivity index (χ1) is 9.01. The molecular weight excluding hydrogens is 269 g/mol. The normalized spacial score (nSPS) is 11.1. The molecule has 0 unspecified atom stereocenters. The van der Waals surface area contributed by atoms with Gasteiger partial charge in [0.15, 0.2) is 0 Å². The predicted octanol–water partition coefficient (Wildman–Crippen LogP) is 2.06. The first-order valence-electron chi connectivity index (χ1n) is 5.43. The van der Waals surface area contributed by atoms with Gasteiger partial charge in [0.2, 0.25) is 0 Å². The van der Waals surface area contributed by atoms with Crippen LogP contribution in [0, 0.1) is 5.82 Å². The van der Waals surface area contributed by atoms with Crippen molar-refractivity contribution in [1.29, 1.82) is 0 Å². The van der Waals surface area contributed by atoms with Gasteiger partial charge in [0.25, 0.3) is 10.0 Å². The zero-order valence-corrected chi connectivity index (χ0v) is 10.9. The summed E-state index contributed by atoms with van der Waals surface area (Å²) >= 11 is 0. The van der Waals surface area contributed by atoms with E-state index in [0.717, 1.165) is 0 Å². The number of nitrogens with zero attached hydrogens (tertiary/aromatic N) is 1. The van der Waals surface area contributed by atoms with Crippen molar-refractivity contribution in [2.75, 3.05) is 17.1 Å². The van der Waals surface area contributed by atoms with Crippen LogP contribution in [0.4, 0.5) is 15.9 Å². The van der Waals surface area contributed by atoms with E-state index in [1.807, 2.05) is 0 Å². The fourth-order valence-electron chi connectivity index (χ4n) is 1.45. The van der Waals surface area contributed by atoms with Gasteiger partial charge in [-0.15, -0.1) is 0 Å². The number of hydrogen-bond acceptors (Lipinski definition) is 4. The van der Waals surface area contributed by atoms with Crippen molar-refractivity contribution in [3.05, 3.63) is 48.4 Å². The Hall–Kier alpha value is -2.15. The average Bonchev–Trinajstić information content (AvgIpc) is 2.41. The quantitative estimate of drug-likeness (QED) is 0.900. The van der Waals surface area contributed by atoms with Crippen molar-refractivity contribution in [1.82, 2.24) is 4.98 Å². The third kappa shape index (κ3) is 3.19. The lowest BCUT2D eigenvalue weighted by Gasteiger charge is -2.08. The second kappa shape index (κ2) is 5.23. The molecule has 2 rings (SSSR count). The Bertz CT molecular complexity index is 672. The Balaban J connectivity index is 2.29. The number of halogens is 1. The van der Waals surface area contributed by atoms with Crippen molar-refractivity contribution in [2.24, 2.45) is 0 Å². The van der Waals surface area contributed by atoms with E-state index in [4.69, 9.17) is 0 Å². The van der Waals surface area contributed by atoms with E-state index in [2.05, 4.69) is 15.0 Å². The lowest BCUT2D eigenvalue weighted by atomic mass is 10.3. The summed E-state index contributed by atoms with van der Waals surface area (Å²) in [5.41, 5.74) is 0.296. The molecule has 0 bridgehead atoms. The van der Waals surface area contributed by atoms with Crippen molar-refractivity contribution >= 4 is 21.5 Å². The summed E-state index contributed by atoms with van der Waals surface area (Å²) in [6, 6.07) is 7.87. The number of aromatic nitrogens is 1. The zero-order chi connectivity index (χ0) is 13.9. The topological polar surface area (TPSA) is 71.1 Å². The molecule has 1 aromatic carbocycles. The molecule has 0 fully saturated rings. The highest BCUT2D eigenvalue weighted by molar-refractivity contribution is 7.92. The standard InChI is InChI=1S/C12H12FN3O2S/c1-14-12-8-11(6-7-15-12)19(17,18)16-10-4-2-9(13)3-5-10/h2-8,16H,1H3,(H,14,15). The van der Waals surface area contributed by atoms with Crippen LogP contribution in [0.1, 0.15) is 0 Å². The summed E-state index contributed by atoms with van der Waals surface area (Å²) in [6.07, 6.45) is 1.39. The first-order valence-corrected chi connectivity index (χ1v) is 6.92. The Morgan fingerprint density at radius 2 is 1.84 bits per heavy atom. The lowest BCUT2D eigenvalue weighted by Crippen LogP contribution is -2.13. The largest absolute Gasteiger partial charge is 0.373 e. The van der Waals surface area contributed by atoms with Gasteiger partial charge in [-0.1, -0.05) is 0 Å². The molecule has 0 amide bonds. The van der Waals surface area contributed by atoms with Gasteiger partial charge in [-0.3, -0.25) is 4.72 Å². The zero-order valence-electron chi connectivity index (χ0n) is 10.1. The van der Waals surface area contributed by atoms with E-state index in [0.29, 0.717) is 11.5 Å². The highest BCUT2D eigenvalue weighted by Gasteiger charge is 2.14. The van der Waals surface area contributed by atoms with E-state index in [1.54, 1.807) is 7.05 Å². The molecule has 2 N–H and O–H groups in total. The smallest absolute Gasteiger partial charge is 0.262 e. The average molecular weight is 281 g/mol. The highest BCUT2D eigenvalue weighted by Crippen LogP contribution is 2.17. The monoisotopic (exact) mass is 281 g/mol. The molecule has 0 aliphatic carbocycles. The summed E-state index contributed by atoms with van der Waals surface area (Å²) in [6.45, 7) is 0. The van der Waals surface area contributed by atoms with Gasteiger partial charge in [0, 0.05) is 25.0 Å². The Kier molecular flexibility index (Phi) is 3.66. The van der Waals surface area contributed by atoms with E-state index >= 15 is 0 Å². The third-order valence-corrected chi connectivity index (χ3v) is 3.77. The molecule has 0 aliphatic rings. The molecule has 2 aromatic rings. The Labute approximate surface area is 110 Å². The van der Waals surface area contributed by atoms with Crippen molar-refractivity contribution in [3.8, 4) is 0 Å². The van der Waals surface area contributed by atoms with Crippen LogP contribution in [0.3, 0.4) is 0 Å². The molecule has 0 atom stereocenters. The van der Waals surface area contributed by atoms with Crippen LogP contribution in [0.5, 0.6) is 0 Å². The summed E-state index contributed by atoms with van der Waals surface area (Å²) in [5, 5.41) is 2.76. The van der Waals surface area contributed by atoms with Crippen LogP contribution in [-0.4, -0.2) is 20.4 Å². The van der Waals surface area contributed by atoms with E-state index in [9.17, 15) is 12.8 Å². The molecule has 7 heteroatoms. The van der Waals surface area contributed by atoms with Gasteiger partial charge in [0.1, 0.15) is 11.6 Å². The molecular formula is C12H12FN3O2S. The maximum absolute atomic E-state index is 12.7. The maximum Gasteiger partial charge on any atom is 0.262 e. The molecule has 1 heterocycles. The Morgan fingerprint density at radius 3 is 2.47 bits per heavy atom. The van der Waals surface area contributed by atoms with Crippen LogP contribution in [0.2, 0.25) is 0 Å². The SMILES string of the molecule is CNc1cc(S(=O)(=O)Nc2ccc(F)cc2)ccn1. The van der Waals surface area contributed by atoms with Crippen LogP contribution >= 0.6 is 0 Å². The minimum atomic E-state index is -3.71. The highest BCUT2D eigenvalue weighted by atomic mass is 32.2. The van der Waals surface area contributed by atoms with Crippen LogP contribution < -0.4 is 10.0 Å². The predicted molar refractivity (Wildman–Crippen MR) is 71.0 cm³/mol. The maximum atomic E-state index is 12.7. The second-order valence-corrected chi connectivity index (χ2v) is 5.42. The minimum Gasteiger partial charge on any atom is -0.373 e. The Morgan fingerprint density at radius 1 is 1.16 bits per heavy atom. The molecule has 0 spiro atoms. The number of anilines is 2. The number of benzene rings is 1. The third-order valence-electron chi connectivity index (χ3n) is 2.39. The number of hydrogen-bond donors (Lipinski definition) is 2. The minimum absolute atomic E-state index is 0.0798. The molecule has 0 aliphatic heterocycles. The van der Waals surface area contributed by atoms with Crippen molar-refractivity contribution < 1.29 is 12.8 Å². The second-order valence-electron chi connectivity index (χ2n) is 3.74. The van der Waals surface area contributed by atoms with E-state index in [-0.39, 0.29) is 4.90 Å². The molecule has 5 nitrogen and oxygen atoms in total. The summed E-state index contributed by atoms with van der Waals surface area (Å²) in [4.78, 5) is 4.02. The molecule has 100 valence electrons. The lowest BCUT2D eigenvalue weighted by molar-refractivity contribution is 0.601.